The standard InChI is InChI=1S/C22H16BrN3O3/c23-15-6-9-17(10-7-15)25(20(27)14-4-2-1-3-5-14)13-26-21(28)18-11-8-16(24)12-19(18)22(26)29/h1-12H,13,24H2. The molecule has 29 heavy (non-hydrogen) atoms. The Balaban J connectivity index is 1.71. The SMILES string of the molecule is Nc1ccc2c(c1)C(=O)N(CN(C(=O)c1ccccc1)c1ccc(Br)cc1)C2=O. The first-order valence-corrected chi connectivity index (χ1v) is 9.63. The summed E-state index contributed by atoms with van der Waals surface area (Å²) < 4.78 is 0.851. The number of amides is 3. The summed E-state index contributed by atoms with van der Waals surface area (Å²) in [6, 6.07) is 20.4. The molecule has 144 valence electrons. The number of hydrogen-bond acceptors (Lipinski definition) is 4. The molecule has 3 aromatic rings. The van der Waals surface area contributed by atoms with Crippen molar-refractivity contribution in [1.82, 2.24) is 4.90 Å². The lowest BCUT2D eigenvalue weighted by Crippen LogP contribution is -2.44. The van der Waals surface area contributed by atoms with Crippen molar-refractivity contribution in [3.8, 4) is 0 Å². The minimum absolute atomic E-state index is 0.207. The van der Waals surface area contributed by atoms with Crippen molar-refractivity contribution >= 4 is 45.0 Å². The van der Waals surface area contributed by atoms with Gasteiger partial charge >= 0.3 is 0 Å². The lowest BCUT2D eigenvalue weighted by Gasteiger charge is -2.27. The van der Waals surface area contributed by atoms with Gasteiger partial charge in [0.2, 0.25) is 0 Å². The van der Waals surface area contributed by atoms with Crippen molar-refractivity contribution < 1.29 is 14.4 Å². The monoisotopic (exact) mass is 449 g/mol. The van der Waals surface area contributed by atoms with Gasteiger partial charge in [0.25, 0.3) is 17.7 Å². The van der Waals surface area contributed by atoms with E-state index in [9.17, 15) is 14.4 Å². The van der Waals surface area contributed by atoms with Crippen LogP contribution >= 0.6 is 15.9 Å². The highest BCUT2D eigenvalue weighted by Crippen LogP contribution is 2.27. The average molecular weight is 450 g/mol. The fraction of sp³-hybridized carbons (Fsp3) is 0.0455. The first kappa shape index (κ1) is 18.9. The summed E-state index contributed by atoms with van der Waals surface area (Å²) in [5.74, 6) is -1.24. The summed E-state index contributed by atoms with van der Waals surface area (Å²) >= 11 is 3.38. The van der Waals surface area contributed by atoms with E-state index >= 15 is 0 Å². The summed E-state index contributed by atoms with van der Waals surface area (Å²) in [4.78, 5) is 41.3. The van der Waals surface area contributed by atoms with E-state index in [2.05, 4.69) is 15.9 Å². The van der Waals surface area contributed by atoms with E-state index < -0.39 is 11.8 Å². The van der Waals surface area contributed by atoms with Crippen LogP contribution in [-0.4, -0.2) is 29.3 Å². The minimum Gasteiger partial charge on any atom is -0.399 e. The second-order valence-electron chi connectivity index (χ2n) is 6.56. The fourth-order valence-electron chi connectivity index (χ4n) is 3.20. The van der Waals surface area contributed by atoms with Crippen molar-refractivity contribution in [2.24, 2.45) is 0 Å². The molecule has 0 bridgehead atoms. The molecule has 0 atom stereocenters. The van der Waals surface area contributed by atoms with Crippen LogP contribution in [0.3, 0.4) is 0 Å². The van der Waals surface area contributed by atoms with Crippen molar-refractivity contribution in [1.29, 1.82) is 0 Å². The molecule has 0 saturated heterocycles. The molecule has 2 N–H and O–H groups in total. The number of rotatable bonds is 4. The van der Waals surface area contributed by atoms with E-state index in [1.807, 2.05) is 6.07 Å². The van der Waals surface area contributed by atoms with Gasteiger partial charge in [0.1, 0.15) is 6.67 Å². The molecular formula is C22H16BrN3O3. The molecule has 3 amide bonds. The largest absolute Gasteiger partial charge is 0.399 e. The molecule has 7 heteroatoms. The van der Waals surface area contributed by atoms with Crippen LogP contribution < -0.4 is 10.6 Å². The number of hydrogen-bond donors (Lipinski definition) is 1. The van der Waals surface area contributed by atoms with Gasteiger partial charge in [0.05, 0.1) is 11.1 Å². The van der Waals surface area contributed by atoms with Gasteiger partial charge < -0.3 is 5.73 Å². The fourth-order valence-corrected chi connectivity index (χ4v) is 3.46. The number of imide groups is 1. The maximum atomic E-state index is 13.2. The third-order valence-electron chi connectivity index (χ3n) is 4.68. The van der Waals surface area contributed by atoms with E-state index in [0.29, 0.717) is 16.9 Å². The summed E-state index contributed by atoms with van der Waals surface area (Å²) in [6.07, 6.45) is 0. The molecule has 1 aliphatic rings. The van der Waals surface area contributed by atoms with Crippen molar-refractivity contribution in [2.75, 3.05) is 17.3 Å². The van der Waals surface area contributed by atoms with Gasteiger partial charge in [0.15, 0.2) is 0 Å². The van der Waals surface area contributed by atoms with Crippen molar-refractivity contribution in [2.45, 2.75) is 0 Å². The van der Waals surface area contributed by atoms with E-state index in [4.69, 9.17) is 5.73 Å². The molecule has 0 unspecified atom stereocenters. The zero-order valence-corrected chi connectivity index (χ0v) is 16.8. The van der Waals surface area contributed by atoms with Crippen LogP contribution in [0, 0.1) is 0 Å². The molecule has 3 aromatic carbocycles. The summed E-state index contributed by atoms with van der Waals surface area (Å²) in [5, 5.41) is 0. The van der Waals surface area contributed by atoms with Gasteiger partial charge in [-0.3, -0.25) is 24.2 Å². The normalized spacial score (nSPS) is 12.8. The first-order chi connectivity index (χ1) is 14.0. The quantitative estimate of drug-likeness (QED) is 0.482. The maximum Gasteiger partial charge on any atom is 0.263 e. The molecule has 0 saturated carbocycles. The van der Waals surface area contributed by atoms with E-state index in [1.165, 1.54) is 17.0 Å². The topological polar surface area (TPSA) is 83.7 Å². The van der Waals surface area contributed by atoms with Crippen LogP contribution in [0.15, 0.2) is 77.3 Å². The maximum absolute atomic E-state index is 13.2. The van der Waals surface area contributed by atoms with Crippen LogP contribution in [0.1, 0.15) is 31.1 Å². The number of anilines is 2. The van der Waals surface area contributed by atoms with Crippen molar-refractivity contribution in [3.63, 3.8) is 0 Å². The smallest absolute Gasteiger partial charge is 0.263 e. The van der Waals surface area contributed by atoms with Crippen LogP contribution in [0.5, 0.6) is 0 Å². The number of nitrogens with zero attached hydrogens (tertiary/aromatic N) is 2. The predicted molar refractivity (Wildman–Crippen MR) is 114 cm³/mol. The third kappa shape index (κ3) is 3.52. The Labute approximate surface area is 175 Å². The minimum atomic E-state index is -0.472. The predicted octanol–water partition coefficient (Wildman–Crippen LogP) is 3.93. The van der Waals surface area contributed by atoms with Crippen LogP contribution in [0.2, 0.25) is 0 Å². The van der Waals surface area contributed by atoms with Crippen molar-refractivity contribution in [3.05, 3.63) is 94.0 Å². The molecule has 4 rings (SSSR count). The van der Waals surface area contributed by atoms with Crippen LogP contribution in [-0.2, 0) is 0 Å². The van der Waals surface area contributed by atoms with E-state index in [0.717, 1.165) is 9.37 Å². The lowest BCUT2D eigenvalue weighted by molar-refractivity contribution is 0.0650. The number of halogens is 1. The Bertz CT molecular complexity index is 1110. The van der Waals surface area contributed by atoms with E-state index in [1.54, 1.807) is 54.6 Å². The molecule has 0 aromatic heterocycles. The van der Waals surface area contributed by atoms with Gasteiger partial charge in [-0.2, -0.15) is 0 Å². The van der Waals surface area contributed by atoms with Gasteiger partial charge in [-0.15, -0.1) is 0 Å². The van der Waals surface area contributed by atoms with Gasteiger partial charge in [-0.05, 0) is 54.6 Å². The molecule has 1 aliphatic heterocycles. The van der Waals surface area contributed by atoms with Crippen LogP contribution in [0.4, 0.5) is 11.4 Å². The van der Waals surface area contributed by atoms with Gasteiger partial charge in [0, 0.05) is 21.4 Å². The Morgan fingerprint density at radius 3 is 2.24 bits per heavy atom. The number of nitrogen functional groups attached to an aromatic ring is 1. The van der Waals surface area contributed by atoms with Gasteiger partial charge in [-0.1, -0.05) is 34.1 Å². The Morgan fingerprint density at radius 2 is 1.55 bits per heavy atom. The van der Waals surface area contributed by atoms with E-state index in [-0.39, 0.29) is 23.7 Å². The third-order valence-corrected chi connectivity index (χ3v) is 5.21. The number of nitrogens with two attached hydrogens (primary N) is 1. The zero-order chi connectivity index (χ0) is 20.5. The first-order valence-electron chi connectivity index (χ1n) is 8.84. The van der Waals surface area contributed by atoms with Gasteiger partial charge in [-0.25, -0.2) is 0 Å². The Hall–Kier alpha value is -3.45. The highest BCUT2D eigenvalue weighted by atomic mass is 79.9. The van der Waals surface area contributed by atoms with Crippen LogP contribution in [0.25, 0.3) is 0 Å². The Morgan fingerprint density at radius 1 is 0.897 bits per heavy atom. The highest BCUT2D eigenvalue weighted by Gasteiger charge is 2.37. The second kappa shape index (κ2) is 7.52. The number of carbonyl (C=O) groups excluding carboxylic acids is 3. The molecule has 6 nitrogen and oxygen atoms in total. The molecular weight excluding hydrogens is 434 g/mol. The lowest BCUT2D eigenvalue weighted by atomic mass is 10.1. The number of fused-ring (bicyclic) bond motifs is 1. The summed E-state index contributed by atoms with van der Waals surface area (Å²) in [7, 11) is 0. The molecule has 0 radical (unpaired) electrons. The molecule has 0 aliphatic carbocycles. The number of benzene rings is 3. The summed E-state index contributed by atoms with van der Waals surface area (Å²) in [5.41, 5.74) is 7.72. The highest BCUT2D eigenvalue weighted by molar-refractivity contribution is 9.10. The second-order valence-corrected chi connectivity index (χ2v) is 7.48. The number of carbonyl (C=O) groups is 3. The summed E-state index contributed by atoms with van der Waals surface area (Å²) in [6.45, 7) is -0.207. The average Bonchev–Trinajstić information content (AvgIpc) is 2.97. The molecule has 1 heterocycles. The Kier molecular flexibility index (Phi) is 4.90. The zero-order valence-electron chi connectivity index (χ0n) is 15.2. The molecule has 0 spiro atoms. The molecule has 0 fully saturated rings.